The Balaban J connectivity index is 2.00. The van der Waals surface area contributed by atoms with Gasteiger partial charge in [-0.15, -0.1) is 0 Å². The fraction of sp³-hybridized carbons (Fsp3) is 0.125. The summed E-state index contributed by atoms with van der Waals surface area (Å²) in [6.07, 6.45) is 1.81. The maximum atomic E-state index is 11.5. The first-order valence-corrected chi connectivity index (χ1v) is 6.42. The minimum absolute atomic E-state index is 0.0725. The number of carbonyl (C=O) groups excluding carboxylic acids is 1. The van der Waals surface area contributed by atoms with Crippen LogP contribution in [0.1, 0.15) is 10.4 Å². The molecule has 1 aromatic heterocycles. The number of nitrogens with one attached hydrogen (secondary N) is 1. The highest BCUT2D eigenvalue weighted by molar-refractivity contribution is 5.94. The molecule has 1 heterocycles. The first-order chi connectivity index (χ1) is 9.69. The van der Waals surface area contributed by atoms with Crippen molar-refractivity contribution in [2.75, 3.05) is 7.05 Å². The molecule has 0 unspecified atom stereocenters. The zero-order valence-electron chi connectivity index (χ0n) is 11.4. The lowest BCUT2D eigenvalue weighted by molar-refractivity contribution is 0.0963. The SMILES string of the molecule is CNC(=O)c1ccc(-c2ccc3c(c2)ncn3C)cc1. The number of rotatable bonds is 2. The maximum absolute atomic E-state index is 11.5. The van der Waals surface area contributed by atoms with Gasteiger partial charge in [0.25, 0.3) is 5.91 Å². The Morgan fingerprint density at radius 1 is 1.10 bits per heavy atom. The van der Waals surface area contributed by atoms with Crippen LogP contribution in [0.2, 0.25) is 0 Å². The van der Waals surface area contributed by atoms with Crippen molar-refractivity contribution < 1.29 is 4.79 Å². The van der Waals surface area contributed by atoms with Gasteiger partial charge < -0.3 is 9.88 Å². The lowest BCUT2D eigenvalue weighted by Gasteiger charge is -2.04. The molecular weight excluding hydrogens is 250 g/mol. The van der Waals surface area contributed by atoms with Gasteiger partial charge >= 0.3 is 0 Å². The monoisotopic (exact) mass is 265 g/mol. The number of carbonyl (C=O) groups is 1. The molecule has 0 aliphatic rings. The normalized spacial score (nSPS) is 10.7. The molecule has 100 valence electrons. The lowest BCUT2D eigenvalue weighted by Crippen LogP contribution is -2.17. The number of hydrogen-bond acceptors (Lipinski definition) is 2. The summed E-state index contributed by atoms with van der Waals surface area (Å²) in [4.78, 5) is 15.9. The van der Waals surface area contributed by atoms with Crippen molar-refractivity contribution in [2.45, 2.75) is 0 Å². The molecule has 0 aliphatic carbocycles. The third-order valence-corrected chi connectivity index (χ3v) is 3.43. The van der Waals surface area contributed by atoms with E-state index in [4.69, 9.17) is 0 Å². The van der Waals surface area contributed by atoms with E-state index >= 15 is 0 Å². The van der Waals surface area contributed by atoms with Crippen LogP contribution in [-0.4, -0.2) is 22.5 Å². The van der Waals surface area contributed by atoms with Crippen LogP contribution in [0, 0.1) is 0 Å². The van der Waals surface area contributed by atoms with Crippen molar-refractivity contribution in [1.29, 1.82) is 0 Å². The second-order valence-electron chi connectivity index (χ2n) is 4.72. The van der Waals surface area contributed by atoms with Gasteiger partial charge in [0.2, 0.25) is 0 Å². The van der Waals surface area contributed by atoms with Gasteiger partial charge in [-0.05, 0) is 35.4 Å². The molecule has 0 bridgehead atoms. The van der Waals surface area contributed by atoms with Crippen molar-refractivity contribution >= 4 is 16.9 Å². The van der Waals surface area contributed by atoms with E-state index < -0.39 is 0 Å². The minimum Gasteiger partial charge on any atom is -0.355 e. The number of hydrogen-bond donors (Lipinski definition) is 1. The fourth-order valence-electron chi connectivity index (χ4n) is 2.27. The van der Waals surface area contributed by atoms with Crippen molar-refractivity contribution in [3.05, 3.63) is 54.4 Å². The molecule has 1 N–H and O–H groups in total. The van der Waals surface area contributed by atoms with E-state index in [9.17, 15) is 4.79 Å². The van der Waals surface area contributed by atoms with Crippen LogP contribution < -0.4 is 5.32 Å². The van der Waals surface area contributed by atoms with E-state index in [1.807, 2.05) is 42.2 Å². The molecule has 3 rings (SSSR count). The van der Waals surface area contributed by atoms with Gasteiger partial charge in [0.1, 0.15) is 0 Å². The summed E-state index contributed by atoms with van der Waals surface area (Å²) in [6, 6.07) is 13.8. The second kappa shape index (κ2) is 4.81. The highest BCUT2D eigenvalue weighted by Crippen LogP contribution is 2.23. The molecule has 0 saturated carbocycles. The highest BCUT2D eigenvalue weighted by atomic mass is 16.1. The second-order valence-corrected chi connectivity index (χ2v) is 4.72. The number of imidazole rings is 1. The third kappa shape index (κ3) is 2.05. The summed E-state index contributed by atoms with van der Waals surface area (Å²) in [5.74, 6) is -0.0725. The lowest BCUT2D eigenvalue weighted by atomic mass is 10.0. The molecule has 2 aromatic carbocycles. The van der Waals surface area contributed by atoms with Gasteiger partial charge in [0.05, 0.1) is 17.4 Å². The molecule has 0 saturated heterocycles. The molecule has 4 nitrogen and oxygen atoms in total. The molecule has 0 radical (unpaired) electrons. The summed E-state index contributed by atoms with van der Waals surface area (Å²) in [5, 5.41) is 2.62. The van der Waals surface area contributed by atoms with Crippen LogP contribution in [0.3, 0.4) is 0 Å². The van der Waals surface area contributed by atoms with E-state index in [0.717, 1.165) is 22.2 Å². The predicted octanol–water partition coefficient (Wildman–Crippen LogP) is 2.60. The van der Waals surface area contributed by atoms with Crippen LogP contribution in [0.15, 0.2) is 48.8 Å². The van der Waals surface area contributed by atoms with E-state index in [1.54, 1.807) is 7.05 Å². The Labute approximate surface area is 117 Å². The maximum Gasteiger partial charge on any atom is 0.251 e. The molecule has 0 fully saturated rings. The number of aryl methyl sites for hydroxylation is 1. The first-order valence-electron chi connectivity index (χ1n) is 6.42. The highest BCUT2D eigenvalue weighted by Gasteiger charge is 2.05. The van der Waals surface area contributed by atoms with Crippen molar-refractivity contribution in [3.63, 3.8) is 0 Å². The molecule has 1 amide bonds. The summed E-state index contributed by atoms with van der Waals surface area (Å²) in [5.41, 5.74) is 4.91. The average Bonchev–Trinajstić information content (AvgIpc) is 2.87. The fourth-order valence-corrected chi connectivity index (χ4v) is 2.27. The van der Waals surface area contributed by atoms with E-state index in [1.165, 1.54) is 0 Å². The smallest absolute Gasteiger partial charge is 0.251 e. The van der Waals surface area contributed by atoms with Gasteiger partial charge in [0, 0.05) is 19.7 Å². The number of benzene rings is 2. The number of fused-ring (bicyclic) bond motifs is 1. The molecule has 3 aromatic rings. The van der Waals surface area contributed by atoms with Crippen LogP contribution in [0.5, 0.6) is 0 Å². The summed E-state index contributed by atoms with van der Waals surface area (Å²) in [6.45, 7) is 0. The van der Waals surface area contributed by atoms with Gasteiger partial charge in [-0.1, -0.05) is 18.2 Å². The Hall–Kier alpha value is -2.62. The Morgan fingerprint density at radius 2 is 1.80 bits per heavy atom. The van der Waals surface area contributed by atoms with Crippen molar-refractivity contribution in [3.8, 4) is 11.1 Å². The predicted molar refractivity (Wildman–Crippen MR) is 79.5 cm³/mol. The first kappa shape index (κ1) is 12.4. The third-order valence-electron chi connectivity index (χ3n) is 3.43. The van der Waals surface area contributed by atoms with Crippen molar-refractivity contribution in [2.24, 2.45) is 7.05 Å². The van der Waals surface area contributed by atoms with Crippen molar-refractivity contribution in [1.82, 2.24) is 14.9 Å². The summed E-state index contributed by atoms with van der Waals surface area (Å²) < 4.78 is 1.99. The van der Waals surface area contributed by atoms with E-state index in [2.05, 4.69) is 28.5 Å². The van der Waals surface area contributed by atoms with Gasteiger partial charge in [-0.2, -0.15) is 0 Å². The Kier molecular flexibility index (Phi) is 2.99. The van der Waals surface area contributed by atoms with Crippen LogP contribution >= 0.6 is 0 Å². The quantitative estimate of drug-likeness (QED) is 0.774. The zero-order chi connectivity index (χ0) is 14.1. The number of aromatic nitrogens is 2. The summed E-state index contributed by atoms with van der Waals surface area (Å²) >= 11 is 0. The molecule has 0 spiro atoms. The van der Waals surface area contributed by atoms with Crippen LogP contribution in [0.25, 0.3) is 22.2 Å². The minimum atomic E-state index is -0.0725. The standard InChI is InChI=1S/C16H15N3O/c1-17-16(20)12-5-3-11(4-6-12)13-7-8-15-14(9-13)18-10-19(15)2/h3-10H,1-2H3,(H,17,20). The van der Waals surface area contributed by atoms with Gasteiger partial charge in [0.15, 0.2) is 0 Å². The molecule has 20 heavy (non-hydrogen) atoms. The number of nitrogens with zero attached hydrogens (tertiary/aromatic N) is 2. The molecular formula is C16H15N3O. The zero-order valence-corrected chi connectivity index (χ0v) is 11.4. The topological polar surface area (TPSA) is 46.9 Å². The Morgan fingerprint density at radius 3 is 2.50 bits per heavy atom. The van der Waals surface area contributed by atoms with Gasteiger partial charge in [-0.25, -0.2) is 4.98 Å². The largest absolute Gasteiger partial charge is 0.355 e. The number of amides is 1. The molecule has 4 heteroatoms. The Bertz CT molecular complexity index is 772. The van der Waals surface area contributed by atoms with E-state index in [0.29, 0.717) is 5.56 Å². The summed E-state index contributed by atoms with van der Waals surface area (Å²) in [7, 11) is 3.61. The van der Waals surface area contributed by atoms with Crippen LogP contribution in [-0.2, 0) is 7.05 Å². The molecule has 0 atom stereocenters. The van der Waals surface area contributed by atoms with Crippen LogP contribution in [0.4, 0.5) is 0 Å². The van der Waals surface area contributed by atoms with Gasteiger partial charge in [-0.3, -0.25) is 4.79 Å². The molecule has 0 aliphatic heterocycles. The van der Waals surface area contributed by atoms with E-state index in [-0.39, 0.29) is 5.91 Å². The average molecular weight is 265 g/mol.